The predicted octanol–water partition coefficient (Wildman–Crippen LogP) is 5.92. The van der Waals surface area contributed by atoms with Crippen LogP contribution < -0.4 is 0 Å². The summed E-state index contributed by atoms with van der Waals surface area (Å²) in [5.74, 6) is 0.830. The maximum absolute atomic E-state index is 11.9. The fourth-order valence-electron chi connectivity index (χ4n) is 10.2. The largest absolute Gasteiger partial charge is 0.504 e. The van der Waals surface area contributed by atoms with Crippen molar-refractivity contribution in [3.63, 3.8) is 0 Å². The number of fused-ring (bicyclic) bond motifs is 9. The third-order valence-electron chi connectivity index (χ3n) is 12.7. The number of esters is 1. The lowest BCUT2D eigenvalue weighted by molar-refractivity contribution is -0.159. The van der Waals surface area contributed by atoms with E-state index in [4.69, 9.17) is 9.47 Å². The van der Waals surface area contributed by atoms with E-state index in [-0.39, 0.29) is 53.2 Å². The Kier molecular flexibility index (Phi) is 7.50. The zero-order valence-electron chi connectivity index (χ0n) is 27.3. The molecule has 0 aromatic heterocycles. The Labute approximate surface area is 274 Å². The average molecular weight is 645 g/mol. The number of aliphatic hydroxyl groups excluding tert-OH is 1. The number of rotatable bonds is 2. The lowest BCUT2D eigenvalue weighted by atomic mass is 9.47. The van der Waals surface area contributed by atoms with E-state index in [0.29, 0.717) is 46.3 Å². The quantitative estimate of drug-likeness (QED) is 0.227. The van der Waals surface area contributed by atoms with Crippen molar-refractivity contribution in [2.24, 2.45) is 28.6 Å². The van der Waals surface area contributed by atoms with Crippen LogP contribution in [0.25, 0.3) is 5.57 Å². The van der Waals surface area contributed by atoms with Gasteiger partial charge in [-0.25, -0.2) is 0 Å². The normalized spacial score (nSPS) is 36.5. The first kappa shape index (κ1) is 31.7. The van der Waals surface area contributed by atoms with Crippen molar-refractivity contribution in [2.75, 3.05) is 6.61 Å². The summed E-state index contributed by atoms with van der Waals surface area (Å²) in [7, 11) is 0. The SMILES string of the molecule is CCC(=O)OC1CCC2C3CCC4=CC(=O)CCC4(C)C3CCC12C.O=C1C=CC2=C3c4cc(O)c(O)cc4CC3(O)COC2=C1O. The van der Waals surface area contributed by atoms with Crippen LogP contribution in [0, 0.1) is 28.6 Å². The molecule has 8 rings (SSSR count). The molecule has 7 unspecified atom stereocenters. The highest BCUT2D eigenvalue weighted by Crippen LogP contribution is 2.65. The molecule has 47 heavy (non-hydrogen) atoms. The van der Waals surface area contributed by atoms with Crippen LogP contribution in [0.3, 0.4) is 0 Å². The van der Waals surface area contributed by atoms with Gasteiger partial charge in [0.15, 0.2) is 23.0 Å². The number of ketones is 2. The molecule has 1 aromatic rings. The molecule has 1 aromatic carbocycles. The smallest absolute Gasteiger partial charge is 0.305 e. The monoisotopic (exact) mass is 644 g/mol. The zero-order valence-corrected chi connectivity index (χ0v) is 27.3. The predicted molar refractivity (Wildman–Crippen MR) is 172 cm³/mol. The number of aromatic hydroxyl groups is 2. The van der Waals surface area contributed by atoms with Crippen LogP contribution in [-0.2, 0) is 30.3 Å². The first-order chi connectivity index (χ1) is 22.3. The number of carbonyl (C=O) groups is 3. The topological polar surface area (TPSA) is 151 Å². The number of allylic oxidation sites excluding steroid dienone is 3. The van der Waals surface area contributed by atoms with E-state index in [1.54, 1.807) is 0 Å². The van der Waals surface area contributed by atoms with Crippen molar-refractivity contribution >= 4 is 23.1 Å². The van der Waals surface area contributed by atoms with Crippen molar-refractivity contribution < 1.29 is 44.3 Å². The number of aliphatic hydroxyl groups is 2. The Bertz CT molecular complexity index is 1700. The summed E-state index contributed by atoms with van der Waals surface area (Å²) in [6, 6.07) is 2.77. The van der Waals surface area contributed by atoms with E-state index >= 15 is 0 Å². The first-order valence-corrected chi connectivity index (χ1v) is 17.0. The number of carbonyl (C=O) groups excluding carboxylic acids is 3. The maximum atomic E-state index is 11.9. The molecule has 0 radical (unpaired) electrons. The molecule has 6 aliphatic carbocycles. The summed E-state index contributed by atoms with van der Waals surface area (Å²) < 4.78 is 11.3. The Morgan fingerprint density at radius 3 is 2.51 bits per heavy atom. The van der Waals surface area contributed by atoms with Crippen LogP contribution in [0.4, 0.5) is 0 Å². The Morgan fingerprint density at radius 1 is 0.979 bits per heavy atom. The number of phenols is 2. The standard InChI is InChI=1S/C22H32O3.C16H12O6/c1-4-20(24)25-19-8-7-17-16-6-5-14-13-15(23)9-11-21(14,2)18(16)10-12-22(17,19)3;17-10-2-1-8-13-9-4-12(19)11(18)3-7(9)5-16(13,21)6-22-15(8)14(10)20/h13,16-19H,4-12H2,1-3H3;1-4,18-21H,5-6H2. The lowest BCUT2D eigenvalue weighted by Crippen LogP contribution is -2.51. The number of phenolic OH excluding ortho intramolecular Hbond substituents is 2. The lowest BCUT2D eigenvalue weighted by Gasteiger charge is -2.57. The van der Waals surface area contributed by atoms with Gasteiger partial charge in [0, 0.05) is 35.8 Å². The van der Waals surface area contributed by atoms with Gasteiger partial charge in [-0.1, -0.05) is 26.3 Å². The molecule has 9 nitrogen and oxygen atoms in total. The van der Waals surface area contributed by atoms with Crippen LogP contribution in [0.1, 0.15) is 89.7 Å². The van der Waals surface area contributed by atoms with Gasteiger partial charge >= 0.3 is 5.97 Å². The van der Waals surface area contributed by atoms with Crippen molar-refractivity contribution in [3.05, 3.63) is 64.2 Å². The molecule has 3 fully saturated rings. The molecule has 1 aliphatic heterocycles. The minimum absolute atomic E-state index is 0.0348. The van der Waals surface area contributed by atoms with Crippen LogP contribution in [-0.4, -0.2) is 56.3 Å². The van der Waals surface area contributed by atoms with Crippen LogP contribution >= 0.6 is 0 Å². The summed E-state index contributed by atoms with van der Waals surface area (Å²) >= 11 is 0. The van der Waals surface area contributed by atoms with Gasteiger partial charge in [0.1, 0.15) is 18.3 Å². The van der Waals surface area contributed by atoms with E-state index < -0.39 is 17.1 Å². The van der Waals surface area contributed by atoms with Crippen LogP contribution in [0.2, 0.25) is 0 Å². The van der Waals surface area contributed by atoms with E-state index in [0.717, 1.165) is 38.0 Å². The molecule has 0 spiro atoms. The summed E-state index contributed by atoms with van der Waals surface area (Å²) in [4.78, 5) is 35.3. The van der Waals surface area contributed by atoms with E-state index in [1.807, 2.05) is 13.0 Å². The summed E-state index contributed by atoms with van der Waals surface area (Å²) in [5, 5.41) is 40.1. The van der Waals surface area contributed by atoms with Gasteiger partial charge in [-0.05, 0) is 110 Å². The van der Waals surface area contributed by atoms with E-state index in [1.165, 1.54) is 49.1 Å². The molecule has 0 bridgehead atoms. The molecule has 1 heterocycles. The van der Waals surface area contributed by atoms with Crippen LogP contribution in [0.15, 0.2) is 53.0 Å². The molecule has 250 valence electrons. The van der Waals surface area contributed by atoms with Gasteiger partial charge in [0.25, 0.3) is 0 Å². The van der Waals surface area contributed by atoms with Crippen molar-refractivity contribution in [1.29, 1.82) is 0 Å². The number of ether oxygens (including phenoxy) is 2. The molecule has 0 amide bonds. The second-order valence-electron chi connectivity index (χ2n) is 15.1. The molecule has 3 saturated carbocycles. The maximum Gasteiger partial charge on any atom is 0.305 e. The summed E-state index contributed by atoms with van der Waals surface area (Å²) in [6.45, 7) is 6.57. The zero-order chi connectivity index (χ0) is 33.5. The molecular formula is C38H44O9. The number of hydrogen-bond acceptors (Lipinski definition) is 9. The van der Waals surface area contributed by atoms with Gasteiger partial charge in [0.05, 0.1) is 0 Å². The summed E-state index contributed by atoms with van der Waals surface area (Å²) in [5.41, 5.74) is 2.62. The molecular weight excluding hydrogens is 600 g/mol. The van der Waals surface area contributed by atoms with E-state index in [2.05, 4.69) is 13.8 Å². The summed E-state index contributed by atoms with van der Waals surface area (Å²) in [6.07, 6.45) is 14.2. The van der Waals surface area contributed by atoms with Crippen molar-refractivity contribution in [3.8, 4) is 11.5 Å². The fourth-order valence-corrected chi connectivity index (χ4v) is 10.2. The highest BCUT2D eigenvalue weighted by Gasteiger charge is 2.60. The van der Waals surface area contributed by atoms with Gasteiger partial charge in [-0.2, -0.15) is 0 Å². The third-order valence-corrected chi connectivity index (χ3v) is 12.7. The number of hydrogen-bond donors (Lipinski definition) is 4. The number of benzene rings is 1. The van der Waals surface area contributed by atoms with E-state index in [9.17, 15) is 34.8 Å². The Morgan fingerprint density at radius 2 is 1.74 bits per heavy atom. The van der Waals surface area contributed by atoms with Gasteiger partial charge in [-0.15, -0.1) is 0 Å². The average Bonchev–Trinajstić information content (AvgIpc) is 3.52. The molecule has 4 N–H and O–H groups in total. The fraction of sp³-hybridized carbons (Fsp3) is 0.553. The molecule has 0 saturated heterocycles. The van der Waals surface area contributed by atoms with Gasteiger partial charge in [0.2, 0.25) is 11.5 Å². The van der Waals surface area contributed by atoms with Crippen LogP contribution in [0.5, 0.6) is 11.5 Å². The molecule has 7 atom stereocenters. The first-order valence-electron chi connectivity index (χ1n) is 17.0. The third kappa shape index (κ3) is 4.87. The minimum atomic E-state index is -1.33. The highest BCUT2D eigenvalue weighted by molar-refractivity contribution is 6.06. The van der Waals surface area contributed by atoms with Gasteiger partial charge in [-0.3, -0.25) is 14.4 Å². The van der Waals surface area contributed by atoms with Crippen molar-refractivity contribution in [1.82, 2.24) is 0 Å². The second-order valence-corrected chi connectivity index (χ2v) is 15.1. The highest BCUT2D eigenvalue weighted by atomic mass is 16.5. The Hall–Kier alpha value is -3.85. The molecule has 9 heteroatoms. The Balaban J connectivity index is 0.000000151. The van der Waals surface area contributed by atoms with Gasteiger partial charge < -0.3 is 29.9 Å². The van der Waals surface area contributed by atoms with Crippen molar-refractivity contribution in [2.45, 2.75) is 96.7 Å². The molecule has 7 aliphatic rings. The second kappa shape index (κ2) is 11.1. The minimum Gasteiger partial charge on any atom is -0.504 e.